The van der Waals surface area contributed by atoms with E-state index >= 15 is 0 Å². The third kappa shape index (κ3) is 12.4. The Morgan fingerprint density at radius 3 is 1.71 bits per heavy atom. The molecule has 0 aromatic rings. The van der Waals surface area contributed by atoms with Crippen molar-refractivity contribution in [2.45, 2.75) is 97.4 Å². The zero-order valence-corrected chi connectivity index (χ0v) is 13.8. The minimum atomic E-state index is -1.35. The molecule has 0 N–H and O–H groups in total. The number of rotatable bonds is 11. The Balaban J connectivity index is 3.84. The van der Waals surface area contributed by atoms with Gasteiger partial charge in [0.1, 0.15) is 0 Å². The Morgan fingerprint density at radius 2 is 1.24 bits per heavy atom. The largest absolute Gasteiger partial charge is 0.415 e. The molecule has 104 valence electrons. The zero-order chi connectivity index (χ0) is 13.1. The molecule has 0 radical (unpaired) electrons. The zero-order valence-electron chi connectivity index (χ0n) is 12.8. The molecule has 0 aliphatic heterocycles. The molecule has 0 aliphatic carbocycles. The average molecular weight is 259 g/mol. The predicted octanol–water partition coefficient (Wildman–Crippen LogP) is 5.76. The molecule has 2 heteroatoms. The quantitative estimate of drug-likeness (QED) is 0.338. The van der Waals surface area contributed by atoms with Gasteiger partial charge in [-0.3, -0.25) is 0 Å². The summed E-state index contributed by atoms with van der Waals surface area (Å²) in [6.07, 6.45) is 12.6. The summed E-state index contributed by atoms with van der Waals surface area (Å²) in [7, 11) is -1.35. The highest BCUT2D eigenvalue weighted by Gasteiger charge is 2.20. The standard InChI is InChI=1S/C15H34OSi/c1-6-8-10-12-14-15(13-11-9-7-2)16-17(3,4)5/h15H,6-14H2,1-5H3. The van der Waals surface area contributed by atoms with Crippen LogP contribution in [-0.2, 0) is 4.43 Å². The molecule has 0 saturated heterocycles. The van der Waals surface area contributed by atoms with E-state index in [1.54, 1.807) is 0 Å². The molecule has 0 aromatic heterocycles. The predicted molar refractivity (Wildman–Crippen MR) is 81.1 cm³/mol. The third-order valence-electron chi connectivity index (χ3n) is 3.03. The Bertz CT molecular complexity index is 163. The lowest BCUT2D eigenvalue weighted by atomic mass is 10.0. The van der Waals surface area contributed by atoms with E-state index in [4.69, 9.17) is 4.43 Å². The van der Waals surface area contributed by atoms with Crippen LogP contribution >= 0.6 is 0 Å². The lowest BCUT2D eigenvalue weighted by Crippen LogP contribution is -2.32. The molecule has 0 heterocycles. The van der Waals surface area contributed by atoms with Crippen LogP contribution in [0.1, 0.15) is 71.6 Å². The minimum absolute atomic E-state index is 0.546. The second-order valence-corrected chi connectivity index (χ2v) is 10.7. The summed E-state index contributed by atoms with van der Waals surface area (Å²) in [6.45, 7) is 11.5. The summed E-state index contributed by atoms with van der Waals surface area (Å²) < 4.78 is 6.30. The normalized spacial score (nSPS) is 13.9. The Morgan fingerprint density at radius 1 is 0.765 bits per heavy atom. The lowest BCUT2D eigenvalue weighted by Gasteiger charge is -2.26. The summed E-state index contributed by atoms with van der Waals surface area (Å²) in [4.78, 5) is 0. The van der Waals surface area contributed by atoms with Crippen molar-refractivity contribution < 1.29 is 4.43 Å². The molecule has 0 amide bonds. The fraction of sp³-hybridized carbons (Fsp3) is 1.00. The van der Waals surface area contributed by atoms with Crippen molar-refractivity contribution in [2.24, 2.45) is 0 Å². The number of hydrogen-bond acceptors (Lipinski definition) is 1. The molecular formula is C15H34OSi. The summed E-state index contributed by atoms with van der Waals surface area (Å²) >= 11 is 0. The molecule has 0 spiro atoms. The van der Waals surface area contributed by atoms with E-state index in [1.807, 2.05) is 0 Å². The van der Waals surface area contributed by atoms with Crippen molar-refractivity contribution in [1.82, 2.24) is 0 Å². The summed E-state index contributed by atoms with van der Waals surface area (Å²) in [6, 6.07) is 0. The molecule has 0 aromatic carbocycles. The highest BCUT2D eigenvalue weighted by Crippen LogP contribution is 2.19. The van der Waals surface area contributed by atoms with Gasteiger partial charge in [-0.1, -0.05) is 58.8 Å². The Kier molecular flexibility index (Phi) is 10.2. The molecule has 0 rings (SSSR count). The smallest absolute Gasteiger partial charge is 0.184 e. The molecule has 1 atom stereocenters. The lowest BCUT2D eigenvalue weighted by molar-refractivity contribution is 0.165. The maximum Gasteiger partial charge on any atom is 0.184 e. The number of unbranched alkanes of at least 4 members (excludes halogenated alkanes) is 5. The summed E-state index contributed by atoms with van der Waals surface area (Å²) in [5.41, 5.74) is 0. The molecule has 17 heavy (non-hydrogen) atoms. The highest BCUT2D eigenvalue weighted by atomic mass is 28.4. The summed E-state index contributed by atoms with van der Waals surface area (Å²) in [5.74, 6) is 0. The molecule has 1 unspecified atom stereocenters. The third-order valence-corrected chi connectivity index (χ3v) is 4.07. The fourth-order valence-electron chi connectivity index (χ4n) is 2.18. The molecule has 0 saturated carbocycles. The van der Waals surface area contributed by atoms with Crippen LogP contribution < -0.4 is 0 Å². The molecule has 0 fully saturated rings. The van der Waals surface area contributed by atoms with E-state index < -0.39 is 8.32 Å². The second-order valence-electron chi connectivity index (χ2n) is 6.20. The molecular weight excluding hydrogens is 224 g/mol. The SMILES string of the molecule is CCCCCCC(CCCCC)O[Si](C)(C)C. The first-order chi connectivity index (χ1) is 7.99. The van der Waals surface area contributed by atoms with Crippen LogP contribution in [0.3, 0.4) is 0 Å². The molecule has 0 bridgehead atoms. The van der Waals surface area contributed by atoms with Crippen LogP contribution in [0.4, 0.5) is 0 Å². The van der Waals surface area contributed by atoms with Gasteiger partial charge in [-0.15, -0.1) is 0 Å². The number of hydrogen-bond donors (Lipinski definition) is 0. The van der Waals surface area contributed by atoms with Crippen LogP contribution in [0.15, 0.2) is 0 Å². The van der Waals surface area contributed by atoms with Gasteiger partial charge in [0.25, 0.3) is 0 Å². The fourth-order valence-corrected chi connectivity index (χ4v) is 3.42. The van der Waals surface area contributed by atoms with E-state index in [2.05, 4.69) is 33.5 Å². The van der Waals surface area contributed by atoms with Gasteiger partial charge in [0.2, 0.25) is 0 Å². The molecule has 1 nitrogen and oxygen atoms in total. The Labute approximate surface area is 110 Å². The van der Waals surface area contributed by atoms with Crippen molar-refractivity contribution in [3.63, 3.8) is 0 Å². The monoisotopic (exact) mass is 258 g/mol. The van der Waals surface area contributed by atoms with Crippen molar-refractivity contribution in [3.05, 3.63) is 0 Å². The first kappa shape index (κ1) is 17.2. The van der Waals surface area contributed by atoms with Crippen LogP contribution in [0, 0.1) is 0 Å². The second kappa shape index (κ2) is 10.1. The first-order valence-electron chi connectivity index (χ1n) is 7.67. The van der Waals surface area contributed by atoms with E-state index in [0.717, 1.165) is 0 Å². The van der Waals surface area contributed by atoms with Crippen LogP contribution in [0.25, 0.3) is 0 Å². The van der Waals surface area contributed by atoms with E-state index in [9.17, 15) is 0 Å². The minimum Gasteiger partial charge on any atom is -0.415 e. The van der Waals surface area contributed by atoms with Crippen LogP contribution in [-0.4, -0.2) is 14.4 Å². The topological polar surface area (TPSA) is 9.23 Å². The van der Waals surface area contributed by atoms with Gasteiger partial charge in [0.05, 0.1) is 0 Å². The van der Waals surface area contributed by atoms with Gasteiger partial charge in [0.15, 0.2) is 8.32 Å². The van der Waals surface area contributed by atoms with Crippen LogP contribution in [0.5, 0.6) is 0 Å². The maximum atomic E-state index is 6.30. The first-order valence-corrected chi connectivity index (χ1v) is 11.1. The van der Waals surface area contributed by atoms with Crippen LogP contribution in [0.2, 0.25) is 19.6 Å². The van der Waals surface area contributed by atoms with Gasteiger partial charge in [-0.25, -0.2) is 0 Å². The van der Waals surface area contributed by atoms with Crippen molar-refractivity contribution in [1.29, 1.82) is 0 Å². The molecule has 0 aliphatic rings. The van der Waals surface area contributed by atoms with E-state index in [0.29, 0.717) is 6.10 Å². The van der Waals surface area contributed by atoms with E-state index in [1.165, 1.54) is 57.8 Å². The van der Waals surface area contributed by atoms with Crippen molar-refractivity contribution in [2.75, 3.05) is 0 Å². The highest BCUT2D eigenvalue weighted by molar-refractivity contribution is 6.69. The van der Waals surface area contributed by atoms with Gasteiger partial charge in [-0.2, -0.15) is 0 Å². The summed E-state index contributed by atoms with van der Waals surface area (Å²) in [5, 5.41) is 0. The maximum absolute atomic E-state index is 6.30. The van der Waals surface area contributed by atoms with Crippen molar-refractivity contribution >= 4 is 8.32 Å². The Hall–Kier alpha value is 0.177. The van der Waals surface area contributed by atoms with Gasteiger partial charge >= 0.3 is 0 Å². The van der Waals surface area contributed by atoms with Crippen molar-refractivity contribution in [3.8, 4) is 0 Å². The van der Waals surface area contributed by atoms with Gasteiger partial charge in [0, 0.05) is 6.10 Å². The average Bonchev–Trinajstić information content (AvgIpc) is 2.22. The van der Waals surface area contributed by atoms with Gasteiger partial charge < -0.3 is 4.43 Å². The van der Waals surface area contributed by atoms with E-state index in [-0.39, 0.29) is 0 Å². The van der Waals surface area contributed by atoms with Gasteiger partial charge in [-0.05, 0) is 32.5 Å².